The van der Waals surface area contributed by atoms with Crippen LogP contribution in [-0.4, -0.2) is 31.7 Å². The second-order valence-corrected chi connectivity index (χ2v) is 8.02. The Kier molecular flexibility index (Phi) is 6.12. The number of hydrogen-bond acceptors (Lipinski definition) is 5. The van der Waals surface area contributed by atoms with Crippen LogP contribution in [0.5, 0.6) is 0 Å². The minimum atomic E-state index is -4.58. The molecule has 3 N–H and O–H groups in total. The van der Waals surface area contributed by atoms with Crippen molar-refractivity contribution in [1.82, 2.24) is 14.7 Å². The zero-order valence-electron chi connectivity index (χ0n) is 18.2. The third kappa shape index (κ3) is 4.76. The average molecular weight is 504 g/mol. The molecule has 2 amide bonds. The van der Waals surface area contributed by atoms with Gasteiger partial charge in [0.05, 0.1) is 16.1 Å². The minimum Gasteiger partial charge on any atom is -0.425 e. The van der Waals surface area contributed by atoms with Gasteiger partial charge in [-0.15, -0.1) is 0 Å². The SMILES string of the molecule is Cc1ccc(NC(=O)c2cccc(C(F)(F)F)c2)cc1NC(=O)c1cnc2c(nc(C)n2O)c1Cl. The molecule has 0 fully saturated rings. The Labute approximate surface area is 201 Å². The van der Waals surface area contributed by atoms with Crippen molar-refractivity contribution in [3.8, 4) is 0 Å². The smallest absolute Gasteiger partial charge is 0.416 e. The number of fused-ring (bicyclic) bond motifs is 1. The van der Waals surface area contributed by atoms with Crippen molar-refractivity contribution in [2.75, 3.05) is 10.6 Å². The lowest BCUT2D eigenvalue weighted by atomic mass is 10.1. The van der Waals surface area contributed by atoms with Gasteiger partial charge in [-0.2, -0.15) is 17.9 Å². The number of alkyl halides is 3. The number of pyridine rings is 1. The van der Waals surface area contributed by atoms with Crippen molar-refractivity contribution in [3.63, 3.8) is 0 Å². The molecule has 0 saturated heterocycles. The molecule has 0 unspecified atom stereocenters. The van der Waals surface area contributed by atoms with Crippen LogP contribution in [-0.2, 0) is 6.18 Å². The zero-order chi connectivity index (χ0) is 25.5. The van der Waals surface area contributed by atoms with Gasteiger partial charge in [0, 0.05) is 23.1 Å². The second-order valence-electron chi connectivity index (χ2n) is 7.65. The van der Waals surface area contributed by atoms with Crippen LogP contribution < -0.4 is 10.6 Å². The first-order valence-electron chi connectivity index (χ1n) is 10.1. The van der Waals surface area contributed by atoms with E-state index in [0.717, 1.165) is 22.9 Å². The summed E-state index contributed by atoms with van der Waals surface area (Å²) in [5.41, 5.74) is 0.379. The summed E-state index contributed by atoms with van der Waals surface area (Å²) in [5, 5.41) is 15.1. The molecular weight excluding hydrogens is 487 g/mol. The van der Waals surface area contributed by atoms with Crippen LogP contribution in [0, 0.1) is 13.8 Å². The summed E-state index contributed by atoms with van der Waals surface area (Å²) in [6.07, 6.45) is -3.38. The number of aryl methyl sites for hydroxylation is 2. The summed E-state index contributed by atoms with van der Waals surface area (Å²) >= 11 is 6.32. The van der Waals surface area contributed by atoms with Gasteiger partial charge in [-0.05, 0) is 49.7 Å². The molecule has 0 aliphatic carbocycles. The van der Waals surface area contributed by atoms with Crippen LogP contribution in [0.2, 0.25) is 5.02 Å². The largest absolute Gasteiger partial charge is 0.425 e. The van der Waals surface area contributed by atoms with Crippen LogP contribution in [0.15, 0.2) is 48.7 Å². The Morgan fingerprint density at radius 3 is 2.51 bits per heavy atom. The Bertz CT molecular complexity index is 1480. The highest BCUT2D eigenvalue weighted by molar-refractivity contribution is 6.38. The van der Waals surface area contributed by atoms with E-state index in [1.54, 1.807) is 26.0 Å². The molecule has 8 nitrogen and oxygen atoms in total. The van der Waals surface area contributed by atoms with Crippen molar-refractivity contribution < 1.29 is 28.0 Å². The fourth-order valence-electron chi connectivity index (χ4n) is 3.31. The van der Waals surface area contributed by atoms with E-state index in [9.17, 15) is 28.0 Å². The van der Waals surface area contributed by atoms with Gasteiger partial charge in [0.1, 0.15) is 11.3 Å². The molecule has 2 heterocycles. The molecular formula is C23H17ClF3N5O3. The summed E-state index contributed by atoms with van der Waals surface area (Å²) in [6, 6.07) is 8.68. The lowest BCUT2D eigenvalue weighted by Crippen LogP contribution is -2.16. The fraction of sp³-hybridized carbons (Fsp3) is 0.130. The number of amides is 2. The minimum absolute atomic E-state index is 0.00458. The van der Waals surface area contributed by atoms with Gasteiger partial charge in [-0.3, -0.25) is 9.59 Å². The molecule has 0 aliphatic heterocycles. The van der Waals surface area contributed by atoms with Gasteiger partial charge in [0.15, 0.2) is 5.65 Å². The number of anilines is 2. The number of hydrogen-bond donors (Lipinski definition) is 3. The number of rotatable bonds is 4. The van der Waals surface area contributed by atoms with Gasteiger partial charge in [0.2, 0.25) is 0 Å². The second kappa shape index (κ2) is 8.91. The third-order valence-electron chi connectivity index (χ3n) is 5.19. The molecule has 0 saturated carbocycles. The molecule has 0 atom stereocenters. The molecule has 0 spiro atoms. The number of benzene rings is 2. The molecule has 12 heteroatoms. The Balaban J connectivity index is 1.56. The molecule has 4 aromatic rings. The Morgan fingerprint density at radius 1 is 1.06 bits per heavy atom. The highest BCUT2D eigenvalue weighted by Gasteiger charge is 2.31. The van der Waals surface area contributed by atoms with E-state index in [1.165, 1.54) is 18.3 Å². The van der Waals surface area contributed by atoms with Crippen LogP contribution in [0.4, 0.5) is 24.5 Å². The van der Waals surface area contributed by atoms with Crippen LogP contribution in [0.25, 0.3) is 11.2 Å². The topological polar surface area (TPSA) is 109 Å². The van der Waals surface area contributed by atoms with Crippen molar-refractivity contribution in [2.45, 2.75) is 20.0 Å². The van der Waals surface area contributed by atoms with Gasteiger partial charge in [0.25, 0.3) is 11.8 Å². The van der Waals surface area contributed by atoms with Crippen molar-refractivity contribution in [2.24, 2.45) is 0 Å². The maximum absolute atomic E-state index is 12.9. The summed E-state index contributed by atoms with van der Waals surface area (Å²) in [5.74, 6) is -1.11. The summed E-state index contributed by atoms with van der Waals surface area (Å²) in [7, 11) is 0. The summed E-state index contributed by atoms with van der Waals surface area (Å²) in [4.78, 5) is 33.5. The monoisotopic (exact) mass is 503 g/mol. The molecule has 35 heavy (non-hydrogen) atoms. The molecule has 2 aromatic carbocycles. The van der Waals surface area contributed by atoms with Crippen LogP contribution in [0.3, 0.4) is 0 Å². The third-order valence-corrected chi connectivity index (χ3v) is 5.58. The Hall–Kier alpha value is -4.12. The summed E-state index contributed by atoms with van der Waals surface area (Å²) < 4.78 is 39.6. The predicted molar refractivity (Wildman–Crippen MR) is 123 cm³/mol. The number of halogens is 4. The zero-order valence-corrected chi connectivity index (χ0v) is 19.0. The fourth-order valence-corrected chi connectivity index (χ4v) is 3.57. The van der Waals surface area contributed by atoms with E-state index < -0.39 is 23.6 Å². The van der Waals surface area contributed by atoms with E-state index in [4.69, 9.17) is 11.6 Å². The first kappa shape index (κ1) is 24.0. The number of aromatic nitrogens is 3. The normalized spacial score (nSPS) is 11.5. The van der Waals surface area contributed by atoms with Crippen LogP contribution >= 0.6 is 11.6 Å². The number of carbonyl (C=O) groups excluding carboxylic acids is 2. The molecule has 2 aromatic heterocycles. The highest BCUT2D eigenvalue weighted by Crippen LogP contribution is 2.30. The molecule has 180 valence electrons. The van der Waals surface area contributed by atoms with Gasteiger partial charge in [-0.1, -0.05) is 23.7 Å². The quantitative estimate of drug-likeness (QED) is 0.320. The lowest BCUT2D eigenvalue weighted by molar-refractivity contribution is -0.137. The number of imidazole rings is 1. The summed E-state index contributed by atoms with van der Waals surface area (Å²) in [6.45, 7) is 3.26. The van der Waals surface area contributed by atoms with Gasteiger partial charge >= 0.3 is 6.18 Å². The van der Waals surface area contributed by atoms with E-state index in [-0.39, 0.29) is 38.8 Å². The first-order chi connectivity index (χ1) is 16.5. The highest BCUT2D eigenvalue weighted by atomic mass is 35.5. The Morgan fingerprint density at radius 2 is 1.80 bits per heavy atom. The molecule has 0 radical (unpaired) electrons. The maximum atomic E-state index is 12.9. The predicted octanol–water partition coefficient (Wildman–Crippen LogP) is 5.46. The van der Waals surface area contributed by atoms with Gasteiger partial charge in [-0.25, -0.2) is 9.97 Å². The van der Waals surface area contributed by atoms with Crippen LogP contribution in [0.1, 0.15) is 37.7 Å². The van der Waals surface area contributed by atoms with Crippen molar-refractivity contribution >= 4 is 46.0 Å². The van der Waals surface area contributed by atoms with E-state index >= 15 is 0 Å². The average Bonchev–Trinajstić information content (AvgIpc) is 3.10. The van der Waals surface area contributed by atoms with E-state index in [0.29, 0.717) is 11.3 Å². The van der Waals surface area contributed by atoms with Crippen molar-refractivity contribution in [1.29, 1.82) is 0 Å². The molecule has 0 bridgehead atoms. The van der Waals surface area contributed by atoms with Gasteiger partial charge < -0.3 is 15.8 Å². The van der Waals surface area contributed by atoms with E-state index in [1.807, 2.05) is 0 Å². The first-order valence-corrected chi connectivity index (χ1v) is 10.5. The number of nitrogens with one attached hydrogen (secondary N) is 2. The maximum Gasteiger partial charge on any atom is 0.416 e. The number of nitrogens with zero attached hydrogens (tertiary/aromatic N) is 3. The lowest BCUT2D eigenvalue weighted by Gasteiger charge is -2.13. The molecule has 0 aliphatic rings. The molecule has 4 rings (SSSR count). The standard InChI is InChI=1S/C23H17ClF3N5O3/c1-11-6-7-15(30-21(33)13-4-3-5-14(8-13)23(25,26)27)9-17(11)31-22(34)16-10-28-20-19(18(16)24)29-12(2)32(20)35/h3-10,35H,1-2H3,(H,30,33)(H,31,34). The van der Waals surface area contributed by atoms with E-state index in [2.05, 4.69) is 20.6 Å². The van der Waals surface area contributed by atoms with Crippen molar-refractivity contribution in [3.05, 3.63) is 81.8 Å². The number of carbonyl (C=O) groups is 2.